The summed E-state index contributed by atoms with van der Waals surface area (Å²) in [6.45, 7) is 2.88. The van der Waals surface area contributed by atoms with Crippen LogP contribution in [0.1, 0.15) is 49.4 Å². The molecule has 14 heteroatoms. The van der Waals surface area contributed by atoms with Crippen LogP contribution in [0, 0.1) is 0 Å². The van der Waals surface area contributed by atoms with Gasteiger partial charge < -0.3 is 5.32 Å². The van der Waals surface area contributed by atoms with Crippen molar-refractivity contribution in [2.24, 2.45) is 0 Å². The van der Waals surface area contributed by atoms with Crippen LogP contribution in [-0.4, -0.2) is 55.4 Å². The van der Waals surface area contributed by atoms with Crippen LogP contribution in [0.5, 0.6) is 0 Å². The van der Waals surface area contributed by atoms with Crippen molar-refractivity contribution in [2.45, 2.75) is 50.2 Å². The molecule has 1 aromatic heterocycles. The molecular formula is C28H32F3N3O6S2. The van der Waals surface area contributed by atoms with Gasteiger partial charge in [-0.1, -0.05) is 37.3 Å². The van der Waals surface area contributed by atoms with E-state index in [0.29, 0.717) is 18.1 Å². The second kappa shape index (κ2) is 13.8. The minimum absolute atomic E-state index is 0.0699. The summed E-state index contributed by atoms with van der Waals surface area (Å²) in [5.74, 6) is -1.30. The van der Waals surface area contributed by atoms with Crippen LogP contribution in [0.4, 0.5) is 13.2 Å². The third-order valence-corrected chi connectivity index (χ3v) is 9.39. The first kappa shape index (κ1) is 33.2. The Morgan fingerprint density at radius 3 is 2.45 bits per heavy atom. The number of benzene rings is 2. The highest BCUT2D eigenvalue weighted by molar-refractivity contribution is 7.89. The third-order valence-electron chi connectivity index (χ3n) is 6.64. The number of nitrogens with zero attached hydrogens (tertiary/aromatic N) is 2. The summed E-state index contributed by atoms with van der Waals surface area (Å²) in [6, 6.07) is 11.9. The van der Waals surface area contributed by atoms with Crippen LogP contribution in [-0.2, 0) is 37.5 Å². The molecule has 1 heterocycles. The van der Waals surface area contributed by atoms with Gasteiger partial charge in [0.25, 0.3) is 10.1 Å². The van der Waals surface area contributed by atoms with Crippen LogP contribution in [0.2, 0.25) is 0 Å². The molecule has 3 aromatic rings. The lowest BCUT2D eigenvalue weighted by atomic mass is 9.97. The number of rotatable bonds is 13. The number of carbonyl (C=O) groups is 1. The number of hydrogen-bond acceptors (Lipinski definition) is 6. The number of pyridine rings is 1. The number of alkyl halides is 3. The number of aryl methyl sites for hydroxylation is 1. The highest BCUT2D eigenvalue weighted by Gasteiger charge is 2.40. The summed E-state index contributed by atoms with van der Waals surface area (Å²) in [4.78, 5) is 15.5. The van der Waals surface area contributed by atoms with Crippen molar-refractivity contribution >= 4 is 26.0 Å². The first-order valence-electron chi connectivity index (χ1n) is 13.1. The Hall–Kier alpha value is -3.33. The normalized spacial score (nSPS) is 13.2. The number of carbonyl (C=O) groups excluding carboxylic acids is 1. The Bertz CT molecular complexity index is 1610. The van der Waals surface area contributed by atoms with Crippen molar-refractivity contribution in [3.63, 3.8) is 0 Å². The molecule has 0 aliphatic rings. The van der Waals surface area contributed by atoms with Crippen molar-refractivity contribution in [1.29, 1.82) is 0 Å². The van der Waals surface area contributed by atoms with E-state index in [1.54, 1.807) is 37.5 Å². The summed E-state index contributed by atoms with van der Waals surface area (Å²) < 4.78 is 101. The van der Waals surface area contributed by atoms with Gasteiger partial charge in [-0.25, -0.2) is 8.42 Å². The molecule has 42 heavy (non-hydrogen) atoms. The van der Waals surface area contributed by atoms with E-state index in [1.165, 1.54) is 6.07 Å². The summed E-state index contributed by atoms with van der Waals surface area (Å²) in [5, 5.41) is 2.31. The monoisotopic (exact) mass is 627 g/mol. The van der Waals surface area contributed by atoms with Gasteiger partial charge in [-0.05, 0) is 66.3 Å². The van der Waals surface area contributed by atoms with E-state index in [2.05, 4.69) is 10.3 Å². The number of hydrogen-bond donors (Lipinski definition) is 2. The van der Waals surface area contributed by atoms with Crippen LogP contribution < -0.4 is 5.32 Å². The van der Waals surface area contributed by atoms with Gasteiger partial charge in [0, 0.05) is 37.9 Å². The highest BCUT2D eigenvalue weighted by atomic mass is 32.2. The number of amides is 1. The molecule has 0 radical (unpaired) electrons. The lowest BCUT2D eigenvalue weighted by Crippen LogP contribution is -2.36. The van der Waals surface area contributed by atoms with E-state index in [0.717, 1.165) is 33.1 Å². The Balaban J connectivity index is 1.97. The van der Waals surface area contributed by atoms with Gasteiger partial charge in [-0.3, -0.25) is 14.3 Å². The zero-order valence-corrected chi connectivity index (χ0v) is 24.6. The van der Waals surface area contributed by atoms with Gasteiger partial charge >= 0.3 is 6.18 Å². The Labute approximate surface area is 243 Å². The van der Waals surface area contributed by atoms with E-state index in [1.807, 2.05) is 19.1 Å². The predicted octanol–water partition coefficient (Wildman–Crippen LogP) is 4.87. The van der Waals surface area contributed by atoms with Crippen molar-refractivity contribution in [1.82, 2.24) is 14.6 Å². The van der Waals surface area contributed by atoms with Gasteiger partial charge in [-0.15, -0.1) is 0 Å². The first-order chi connectivity index (χ1) is 19.6. The third kappa shape index (κ3) is 8.60. The van der Waals surface area contributed by atoms with Gasteiger partial charge in [0.2, 0.25) is 15.9 Å². The van der Waals surface area contributed by atoms with Gasteiger partial charge in [-0.2, -0.15) is 25.9 Å². The average molecular weight is 628 g/mol. The Morgan fingerprint density at radius 2 is 1.79 bits per heavy atom. The number of halogens is 3. The van der Waals surface area contributed by atoms with Crippen LogP contribution >= 0.6 is 0 Å². The molecule has 228 valence electrons. The maximum Gasteiger partial charge on any atom is 0.417 e. The SMILES string of the molecule is CCc1cnccc1-c1cccc([C@H](C)N(CCCC(=O)NCCS(=O)(=O)O)S(=O)(=O)c2ccccc2C(F)(F)F)c1. The maximum atomic E-state index is 13.9. The molecule has 0 unspecified atom stereocenters. The molecule has 2 N–H and O–H groups in total. The van der Waals surface area contributed by atoms with E-state index in [4.69, 9.17) is 4.55 Å². The van der Waals surface area contributed by atoms with Crippen molar-refractivity contribution in [3.8, 4) is 11.1 Å². The van der Waals surface area contributed by atoms with Crippen molar-refractivity contribution in [2.75, 3.05) is 18.8 Å². The topological polar surface area (TPSA) is 134 Å². The van der Waals surface area contributed by atoms with Gasteiger partial charge in [0.05, 0.1) is 16.2 Å². The summed E-state index contributed by atoms with van der Waals surface area (Å²) in [7, 11) is -9.02. The van der Waals surface area contributed by atoms with Gasteiger partial charge in [0.1, 0.15) is 0 Å². The van der Waals surface area contributed by atoms with E-state index >= 15 is 0 Å². The fourth-order valence-corrected chi connectivity index (χ4v) is 6.73. The molecule has 0 aliphatic carbocycles. The zero-order valence-electron chi connectivity index (χ0n) is 23.0. The lowest BCUT2D eigenvalue weighted by molar-refractivity contribution is -0.140. The van der Waals surface area contributed by atoms with Crippen LogP contribution in [0.25, 0.3) is 11.1 Å². The molecule has 0 aliphatic heterocycles. The smallest absolute Gasteiger partial charge is 0.355 e. The van der Waals surface area contributed by atoms with Crippen molar-refractivity contribution < 1.29 is 39.4 Å². The lowest BCUT2D eigenvalue weighted by Gasteiger charge is -2.30. The fraction of sp³-hybridized carbons (Fsp3) is 0.357. The van der Waals surface area contributed by atoms with Crippen molar-refractivity contribution in [3.05, 3.63) is 83.7 Å². The average Bonchev–Trinajstić information content (AvgIpc) is 2.93. The Morgan fingerprint density at radius 1 is 1.07 bits per heavy atom. The van der Waals surface area contributed by atoms with E-state index in [-0.39, 0.29) is 25.9 Å². The molecule has 9 nitrogen and oxygen atoms in total. The summed E-state index contributed by atoms with van der Waals surface area (Å²) in [6.07, 6.45) is -1.16. The molecule has 3 rings (SSSR count). The quantitative estimate of drug-likeness (QED) is 0.259. The minimum Gasteiger partial charge on any atom is -0.355 e. The highest BCUT2D eigenvalue weighted by Crippen LogP contribution is 2.38. The number of aromatic nitrogens is 1. The molecular weight excluding hydrogens is 595 g/mol. The second-order valence-electron chi connectivity index (χ2n) is 9.54. The first-order valence-corrected chi connectivity index (χ1v) is 16.1. The Kier molecular flexibility index (Phi) is 10.9. The van der Waals surface area contributed by atoms with Crippen LogP contribution in [0.3, 0.4) is 0 Å². The summed E-state index contributed by atoms with van der Waals surface area (Å²) >= 11 is 0. The fourth-order valence-electron chi connectivity index (χ4n) is 4.50. The molecule has 0 saturated heterocycles. The van der Waals surface area contributed by atoms with Gasteiger partial charge in [0.15, 0.2) is 0 Å². The molecule has 0 fully saturated rings. The van der Waals surface area contributed by atoms with E-state index in [9.17, 15) is 34.8 Å². The maximum absolute atomic E-state index is 13.9. The largest absolute Gasteiger partial charge is 0.417 e. The molecule has 1 atom stereocenters. The molecule has 0 spiro atoms. The molecule has 0 saturated carbocycles. The van der Waals surface area contributed by atoms with E-state index < -0.39 is 54.5 Å². The second-order valence-corrected chi connectivity index (χ2v) is 13.0. The molecule has 1 amide bonds. The zero-order chi connectivity index (χ0) is 31.1. The van der Waals surface area contributed by atoms with Crippen LogP contribution in [0.15, 0.2) is 71.9 Å². The predicted molar refractivity (Wildman–Crippen MR) is 151 cm³/mol. The molecule has 0 bridgehead atoms. The number of nitrogens with one attached hydrogen (secondary N) is 1. The summed E-state index contributed by atoms with van der Waals surface area (Å²) in [5.41, 5.74) is 1.86. The molecule has 2 aromatic carbocycles. The number of sulfonamides is 1. The minimum atomic E-state index is -4.93. The standard InChI is InChI=1S/C28H32F3N3O6S2/c1-3-21-19-32-14-13-24(21)23-9-6-8-22(18-23)20(2)34(16-7-12-27(35)33-15-17-41(36,37)38)42(39,40)26-11-5-4-10-25(26)28(29,30)31/h4-6,8-11,13-14,18-20H,3,7,12,15-17H2,1-2H3,(H,33,35)(H,36,37,38)/t20-/m0/s1.